The lowest BCUT2D eigenvalue weighted by molar-refractivity contribution is -0.265. The van der Waals surface area contributed by atoms with E-state index < -0.39 is 90.0 Å². The van der Waals surface area contributed by atoms with Gasteiger partial charge in [0.25, 0.3) is 17.6 Å². The van der Waals surface area contributed by atoms with Crippen LogP contribution < -0.4 is 5.32 Å². The lowest BCUT2D eigenvalue weighted by Crippen LogP contribution is -2.61. The fraction of sp³-hybridized carbons (Fsp3) is 0.780. The summed E-state index contributed by atoms with van der Waals surface area (Å²) in [6.45, 7) is 16.7. The smallest absolute Gasteiger partial charge is 0.329 e. The number of ketones is 1. The van der Waals surface area contributed by atoms with E-state index in [9.17, 15) is 39.6 Å². The number of methoxy groups -OCH3 is 3. The first-order valence-corrected chi connectivity index (χ1v) is 28.6. The summed E-state index contributed by atoms with van der Waals surface area (Å²) >= 11 is 0. The van der Waals surface area contributed by atoms with Gasteiger partial charge in [0, 0.05) is 71.6 Å². The number of esters is 1. The molecule has 1 aliphatic carbocycles. The molecule has 1 saturated carbocycles. The molecule has 444 valence electrons. The summed E-state index contributed by atoms with van der Waals surface area (Å²) in [5.41, 5.74) is 1.71. The third-order valence-corrected chi connectivity index (χ3v) is 16.2. The minimum absolute atomic E-state index is 0.00524. The molecule has 3 fully saturated rings. The maximum atomic E-state index is 14.6. The molecule has 19 heteroatoms. The van der Waals surface area contributed by atoms with E-state index in [0.29, 0.717) is 95.5 Å². The number of rotatable bonds is 16. The molecule has 4 rings (SSSR count). The summed E-state index contributed by atoms with van der Waals surface area (Å²) < 4.78 is 40.9. The average Bonchev–Trinajstić information content (AvgIpc) is 3.45. The predicted octanol–water partition coefficient (Wildman–Crippen LogP) is 5.95. The molecule has 0 aromatic rings. The minimum Gasteiger partial charge on any atom is -0.460 e. The number of hydrogen-bond acceptors (Lipinski definition) is 17. The van der Waals surface area contributed by atoms with Gasteiger partial charge in [-0.05, 0) is 114 Å². The molecule has 19 nitrogen and oxygen atoms in total. The van der Waals surface area contributed by atoms with Crippen molar-refractivity contribution in [2.24, 2.45) is 40.7 Å². The molecule has 0 aromatic carbocycles. The van der Waals surface area contributed by atoms with Crippen LogP contribution in [0.3, 0.4) is 0 Å². The van der Waals surface area contributed by atoms with Crippen LogP contribution in [-0.2, 0) is 57.2 Å². The van der Waals surface area contributed by atoms with Gasteiger partial charge in [-0.15, -0.1) is 0 Å². The van der Waals surface area contributed by atoms with E-state index in [2.05, 4.69) is 17.4 Å². The summed E-state index contributed by atoms with van der Waals surface area (Å²) in [6.07, 6.45) is 10.8. The number of nitrogens with zero attached hydrogens (tertiary/aromatic N) is 2. The van der Waals surface area contributed by atoms with Crippen molar-refractivity contribution in [2.75, 3.05) is 67.5 Å². The van der Waals surface area contributed by atoms with Crippen molar-refractivity contribution >= 4 is 29.3 Å². The molecule has 4 aliphatic rings. The summed E-state index contributed by atoms with van der Waals surface area (Å²) in [4.78, 5) is 63.0. The molecule has 16 atom stereocenters. The quantitative estimate of drug-likeness (QED) is 0.0394. The lowest BCUT2D eigenvalue weighted by Gasteiger charge is -2.43. The van der Waals surface area contributed by atoms with Crippen LogP contribution in [0.25, 0.3) is 0 Å². The van der Waals surface area contributed by atoms with Gasteiger partial charge in [0.15, 0.2) is 6.61 Å². The van der Waals surface area contributed by atoms with Crippen molar-refractivity contribution in [3.63, 3.8) is 0 Å². The number of aliphatic hydroxyl groups is 4. The van der Waals surface area contributed by atoms with Gasteiger partial charge in [-0.1, -0.05) is 76.2 Å². The topological polar surface area (TPSA) is 251 Å². The number of nitrogens with one attached hydrogen (secondary N) is 1. The van der Waals surface area contributed by atoms with E-state index in [0.717, 1.165) is 12.0 Å². The Hall–Kier alpha value is -3.89. The maximum Gasteiger partial charge on any atom is 0.329 e. The summed E-state index contributed by atoms with van der Waals surface area (Å²) in [7, 11) is 4.62. The van der Waals surface area contributed by atoms with Crippen LogP contribution in [0.4, 0.5) is 0 Å². The highest BCUT2D eigenvalue weighted by Crippen LogP contribution is 2.38. The fourth-order valence-corrected chi connectivity index (χ4v) is 11.3. The van der Waals surface area contributed by atoms with Crippen LogP contribution in [0.5, 0.6) is 0 Å². The Morgan fingerprint density at radius 2 is 1.60 bits per heavy atom. The minimum atomic E-state index is -2.44. The third-order valence-electron chi connectivity index (χ3n) is 16.2. The molecular formula is C59H97N3O16. The second kappa shape index (κ2) is 33.8. The fourth-order valence-electron chi connectivity index (χ4n) is 11.3. The molecule has 2 saturated heterocycles. The number of aliphatic hydroxyl groups excluding tert-OH is 3. The number of piperidine rings is 1. The summed E-state index contributed by atoms with van der Waals surface area (Å²) in [5, 5.41) is 53.9. The molecule has 0 unspecified atom stereocenters. The van der Waals surface area contributed by atoms with E-state index in [4.69, 9.17) is 38.0 Å². The Balaban J connectivity index is 1.71. The molecule has 78 heavy (non-hydrogen) atoms. The van der Waals surface area contributed by atoms with Gasteiger partial charge in [0.05, 0.1) is 56.1 Å². The van der Waals surface area contributed by atoms with Crippen LogP contribution in [0.2, 0.25) is 0 Å². The maximum absolute atomic E-state index is 14.6. The van der Waals surface area contributed by atoms with Crippen LogP contribution in [0.1, 0.15) is 132 Å². The van der Waals surface area contributed by atoms with Gasteiger partial charge in [-0.3, -0.25) is 14.4 Å². The Morgan fingerprint density at radius 3 is 2.31 bits per heavy atom. The number of allylic oxidation sites excluding steroid dienone is 5. The second-order valence-corrected chi connectivity index (χ2v) is 22.3. The normalized spacial score (nSPS) is 37.0. The highest BCUT2D eigenvalue weighted by atomic mass is 16.6. The number of fused-ring (bicyclic) bond motifs is 3. The Labute approximate surface area is 464 Å². The Kier molecular flexibility index (Phi) is 28.8. The zero-order chi connectivity index (χ0) is 57.5. The van der Waals surface area contributed by atoms with Crippen LogP contribution >= 0.6 is 0 Å². The number of amides is 2. The zero-order valence-electron chi connectivity index (χ0n) is 48.6. The number of carbonyl (C=O) groups is 4. The van der Waals surface area contributed by atoms with Crippen molar-refractivity contribution < 1.29 is 77.6 Å². The van der Waals surface area contributed by atoms with E-state index in [-0.39, 0.29) is 62.3 Å². The van der Waals surface area contributed by atoms with Gasteiger partial charge < -0.3 is 68.6 Å². The molecule has 3 aliphatic heterocycles. The predicted molar refractivity (Wildman–Crippen MR) is 295 cm³/mol. The van der Waals surface area contributed by atoms with E-state index in [1.807, 2.05) is 58.1 Å². The van der Waals surface area contributed by atoms with E-state index in [1.54, 1.807) is 41.1 Å². The highest BCUT2D eigenvalue weighted by molar-refractivity contribution is 6.39. The van der Waals surface area contributed by atoms with Gasteiger partial charge in [0.2, 0.25) is 5.79 Å². The highest BCUT2D eigenvalue weighted by Gasteiger charge is 2.53. The van der Waals surface area contributed by atoms with Crippen molar-refractivity contribution in [1.29, 1.82) is 0 Å². The van der Waals surface area contributed by atoms with Gasteiger partial charge in [-0.2, -0.15) is 0 Å². The molecule has 3 heterocycles. The molecule has 2 bridgehead atoms. The van der Waals surface area contributed by atoms with E-state index >= 15 is 0 Å². The van der Waals surface area contributed by atoms with Gasteiger partial charge in [0.1, 0.15) is 24.4 Å². The molecule has 0 radical (unpaired) electrons. The number of ether oxygens (including phenoxy) is 7. The standard InChI is InChI=1S/C59H97N3O16/c1-12-74-28-29-75-27-25-60-52(65)36-76-61-53-41(6)30-37(2)18-14-13-15-19-38(3)49(71-9)34-45-23-21-43(8)59(70,78-45)56(67)57(68)62-26-17-16-20-46(62)58(69)77-50(40(5)32-44-22-24-47(63)51(33-44)72-10)35-48(64)39(4)31-42(7)54(66)55(53)73-11/h13-15,18-19,31,37,39-41,43-51,54-55,63-64,66,70H,12,16-17,20-30,32-36H2,1-11H3,(H,60,65)/b15-13+,18-14+,38-19+,42-31+,61-53+/t37-,39-,40-,41-,43-,44+,45+,46+,47-,48-,49+,50+,51-,54-,55+,59-/m1/s1. The number of carbonyl (C=O) groups excluding carboxylic acids is 4. The van der Waals surface area contributed by atoms with Crippen molar-refractivity contribution in [3.8, 4) is 0 Å². The summed E-state index contributed by atoms with van der Waals surface area (Å²) in [6, 6.07) is -1.14. The average molecular weight is 1100 g/mol. The Morgan fingerprint density at radius 1 is 0.859 bits per heavy atom. The van der Waals surface area contributed by atoms with Gasteiger partial charge >= 0.3 is 5.97 Å². The number of cyclic esters (lactones) is 1. The molecule has 0 spiro atoms. The van der Waals surface area contributed by atoms with Crippen molar-refractivity contribution in [2.45, 2.75) is 193 Å². The van der Waals surface area contributed by atoms with Crippen LogP contribution in [0, 0.1) is 35.5 Å². The molecule has 2 amide bonds. The van der Waals surface area contributed by atoms with Crippen molar-refractivity contribution in [3.05, 3.63) is 47.6 Å². The summed E-state index contributed by atoms with van der Waals surface area (Å²) in [5.74, 6) is -7.52. The number of oxime groups is 1. The third kappa shape index (κ3) is 20.0. The lowest BCUT2D eigenvalue weighted by atomic mass is 9.78. The molecule has 5 N–H and O–H groups in total. The zero-order valence-corrected chi connectivity index (χ0v) is 48.6. The van der Waals surface area contributed by atoms with Crippen molar-refractivity contribution in [1.82, 2.24) is 10.2 Å². The first-order valence-electron chi connectivity index (χ1n) is 28.6. The first kappa shape index (κ1) is 66.6. The van der Waals surface area contributed by atoms with Crippen LogP contribution in [0.15, 0.2) is 52.8 Å². The van der Waals surface area contributed by atoms with E-state index in [1.165, 1.54) is 12.0 Å². The second-order valence-electron chi connectivity index (χ2n) is 22.3. The van der Waals surface area contributed by atoms with Gasteiger partial charge in [-0.25, -0.2) is 4.79 Å². The SMILES string of the molecule is CCOCCOCCNC(=O)CO/N=C1\[C@H](C)C[C@H](C)/C=C/C=C/C=C(\C)[C@@H](OC)C[C@@H]2CC[C@@H](C)[C@@](O)(O2)C(=O)C(=O)N2CCCC[C@H]2C(=O)O[C@H]([C@H](C)C[C@@H]2CC[C@@H](O)[C@H](OC)C2)C[C@@H](O)[C@H](C)/C=C(\C)[C@@H](O)[C@H]1OC. The van der Waals surface area contributed by atoms with Crippen LogP contribution in [-0.4, -0.2) is 183 Å². The Bertz CT molecular complexity index is 2030. The number of hydrogen-bond donors (Lipinski definition) is 5. The first-order chi connectivity index (χ1) is 37.2. The number of Topliss-reactive ketones (excluding diaryl/α,β-unsaturated/α-hetero) is 1. The largest absolute Gasteiger partial charge is 0.460 e. The monoisotopic (exact) mass is 1100 g/mol. The molecule has 0 aromatic heterocycles. The molecular weight excluding hydrogens is 1010 g/mol.